The van der Waals surface area contributed by atoms with Crippen molar-refractivity contribution in [3.8, 4) is 11.3 Å². The molecule has 4 heteroatoms. The van der Waals surface area contributed by atoms with Crippen LogP contribution in [0, 0.1) is 0 Å². The Labute approximate surface area is 209 Å². The van der Waals surface area contributed by atoms with Gasteiger partial charge in [0.2, 0.25) is 0 Å². The zero-order valence-electron chi connectivity index (χ0n) is 20.8. The Morgan fingerprint density at radius 1 is 0.914 bits per heavy atom. The second-order valence-electron chi connectivity index (χ2n) is 9.13. The molecule has 0 fully saturated rings. The van der Waals surface area contributed by atoms with Crippen LogP contribution in [0.2, 0.25) is 0 Å². The molecule has 180 valence electrons. The van der Waals surface area contributed by atoms with Crippen molar-refractivity contribution in [2.75, 3.05) is 6.54 Å². The van der Waals surface area contributed by atoms with E-state index in [1.54, 1.807) is 12.4 Å². The largest absolute Gasteiger partial charge is 0.391 e. The van der Waals surface area contributed by atoms with Crippen LogP contribution in [0.25, 0.3) is 22.3 Å². The number of fused-ring (bicyclic) bond motifs is 1. The van der Waals surface area contributed by atoms with Crippen LogP contribution >= 0.6 is 0 Å². The predicted octanol–water partition coefficient (Wildman–Crippen LogP) is 7.26. The minimum atomic E-state index is 0.503. The quantitative estimate of drug-likeness (QED) is 0.211. The Balaban J connectivity index is 1.57. The molecule has 0 amide bonds. The van der Waals surface area contributed by atoms with Gasteiger partial charge in [0, 0.05) is 24.5 Å². The number of aromatic nitrogens is 3. The minimum Gasteiger partial charge on any atom is -0.391 e. The zero-order chi connectivity index (χ0) is 24.3. The maximum atomic E-state index is 5.12. The first kappa shape index (κ1) is 24.6. The molecule has 0 saturated carbocycles. The Kier molecular flexibility index (Phi) is 8.99. The molecule has 35 heavy (non-hydrogen) atoms. The lowest BCUT2D eigenvalue weighted by Gasteiger charge is -2.18. The van der Waals surface area contributed by atoms with Crippen molar-refractivity contribution < 1.29 is 0 Å². The monoisotopic (exact) mass is 464 g/mol. The molecule has 2 heterocycles. The van der Waals surface area contributed by atoms with Gasteiger partial charge in [-0.1, -0.05) is 62.7 Å². The second-order valence-corrected chi connectivity index (χ2v) is 9.13. The van der Waals surface area contributed by atoms with Crippen molar-refractivity contribution in [2.24, 2.45) is 0 Å². The van der Waals surface area contributed by atoms with Gasteiger partial charge in [-0.15, -0.1) is 0 Å². The summed E-state index contributed by atoms with van der Waals surface area (Å²) in [6.45, 7) is 6.95. The summed E-state index contributed by atoms with van der Waals surface area (Å²) in [5.74, 6) is 0.503. The molecule has 2 aromatic carbocycles. The molecule has 0 saturated heterocycles. The van der Waals surface area contributed by atoms with E-state index in [-0.39, 0.29) is 0 Å². The molecule has 4 rings (SSSR count). The SMILES string of the molecule is C=CNCCC(CCc1ccc2nc(-c3cccnc3)c(CCCCC)nc2c1)c1ccccc1. The number of pyridine rings is 1. The average Bonchev–Trinajstić information content (AvgIpc) is 2.91. The molecule has 4 aromatic rings. The van der Waals surface area contributed by atoms with Gasteiger partial charge in [-0.3, -0.25) is 4.98 Å². The van der Waals surface area contributed by atoms with Crippen LogP contribution in [0.15, 0.2) is 85.8 Å². The molecule has 4 nitrogen and oxygen atoms in total. The van der Waals surface area contributed by atoms with Crippen LogP contribution in [-0.2, 0) is 12.8 Å². The number of nitrogens with one attached hydrogen (secondary N) is 1. The normalized spacial score (nSPS) is 11.9. The highest BCUT2D eigenvalue weighted by Gasteiger charge is 2.14. The molecule has 0 bridgehead atoms. The Morgan fingerprint density at radius 2 is 1.80 bits per heavy atom. The molecule has 0 aliphatic rings. The number of benzene rings is 2. The molecule has 1 atom stereocenters. The van der Waals surface area contributed by atoms with Crippen molar-refractivity contribution in [2.45, 2.75) is 57.8 Å². The number of hydrogen-bond donors (Lipinski definition) is 1. The summed E-state index contributed by atoms with van der Waals surface area (Å²) in [7, 11) is 0. The van der Waals surface area contributed by atoms with E-state index in [4.69, 9.17) is 9.97 Å². The van der Waals surface area contributed by atoms with Gasteiger partial charge in [0.05, 0.1) is 22.4 Å². The highest BCUT2D eigenvalue weighted by Crippen LogP contribution is 2.28. The first-order valence-corrected chi connectivity index (χ1v) is 12.9. The Morgan fingerprint density at radius 3 is 2.57 bits per heavy atom. The highest BCUT2D eigenvalue weighted by molar-refractivity contribution is 5.79. The van der Waals surface area contributed by atoms with E-state index in [9.17, 15) is 0 Å². The van der Waals surface area contributed by atoms with Gasteiger partial charge in [-0.05, 0) is 79.6 Å². The maximum absolute atomic E-state index is 5.12. The summed E-state index contributed by atoms with van der Waals surface area (Å²) >= 11 is 0. The molecular weight excluding hydrogens is 428 g/mol. The fraction of sp³-hybridized carbons (Fsp3) is 0.323. The third kappa shape index (κ3) is 6.75. The highest BCUT2D eigenvalue weighted by atomic mass is 14.8. The van der Waals surface area contributed by atoms with Crippen LogP contribution in [0.1, 0.15) is 61.8 Å². The third-order valence-corrected chi connectivity index (χ3v) is 6.59. The number of rotatable bonds is 13. The van der Waals surface area contributed by atoms with Crippen molar-refractivity contribution >= 4 is 11.0 Å². The van der Waals surface area contributed by atoms with E-state index in [1.807, 2.05) is 12.3 Å². The lowest BCUT2D eigenvalue weighted by Crippen LogP contribution is -2.12. The summed E-state index contributed by atoms with van der Waals surface area (Å²) in [5.41, 5.74) is 7.74. The standard InChI is InChI=1S/C31H36N4/c1-3-5-7-14-29-31(27-13-10-20-33-23-27)35-28-18-16-24(22-30(28)34-29)15-17-26(19-21-32-4-2)25-11-8-6-9-12-25/h4,6,8-13,16,18,20,22-23,26,32H,2-3,5,7,14-15,17,19,21H2,1H3. The Bertz CT molecular complexity index is 1200. The number of hydrogen-bond acceptors (Lipinski definition) is 4. The lowest BCUT2D eigenvalue weighted by molar-refractivity contribution is 0.565. The van der Waals surface area contributed by atoms with Gasteiger partial charge in [0.25, 0.3) is 0 Å². The van der Waals surface area contributed by atoms with Crippen molar-refractivity contribution in [1.82, 2.24) is 20.3 Å². The van der Waals surface area contributed by atoms with Crippen LogP contribution in [0.4, 0.5) is 0 Å². The van der Waals surface area contributed by atoms with Gasteiger partial charge in [-0.25, -0.2) is 9.97 Å². The summed E-state index contributed by atoms with van der Waals surface area (Å²) in [6, 6.07) is 21.5. The second kappa shape index (κ2) is 12.8. The average molecular weight is 465 g/mol. The van der Waals surface area contributed by atoms with E-state index in [0.717, 1.165) is 66.6 Å². The van der Waals surface area contributed by atoms with E-state index in [0.29, 0.717) is 5.92 Å². The summed E-state index contributed by atoms with van der Waals surface area (Å²) < 4.78 is 0. The van der Waals surface area contributed by atoms with Crippen molar-refractivity contribution in [1.29, 1.82) is 0 Å². The molecule has 0 radical (unpaired) electrons. The van der Waals surface area contributed by atoms with Gasteiger partial charge in [-0.2, -0.15) is 0 Å². The van der Waals surface area contributed by atoms with Crippen LogP contribution < -0.4 is 5.32 Å². The smallest absolute Gasteiger partial charge is 0.0940 e. The van der Waals surface area contributed by atoms with Gasteiger partial charge in [0.15, 0.2) is 0 Å². The van der Waals surface area contributed by atoms with E-state index in [2.05, 4.69) is 78.4 Å². The van der Waals surface area contributed by atoms with Crippen LogP contribution in [0.3, 0.4) is 0 Å². The molecular formula is C31H36N4. The molecule has 0 aliphatic heterocycles. The van der Waals surface area contributed by atoms with E-state index >= 15 is 0 Å². The van der Waals surface area contributed by atoms with E-state index in [1.165, 1.54) is 24.0 Å². The molecule has 0 spiro atoms. The lowest BCUT2D eigenvalue weighted by atomic mass is 9.89. The number of unbranched alkanes of at least 4 members (excludes halogenated alkanes) is 2. The van der Waals surface area contributed by atoms with E-state index < -0.39 is 0 Å². The zero-order valence-corrected chi connectivity index (χ0v) is 20.8. The molecule has 2 aromatic heterocycles. The molecule has 1 N–H and O–H groups in total. The summed E-state index contributed by atoms with van der Waals surface area (Å²) in [5, 5.41) is 3.26. The van der Waals surface area contributed by atoms with Crippen LogP contribution in [-0.4, -0.2) is 21.5 Å². The predicted molar refractivity (Wildman–Crippen MR) is 146 cm³/mol. The molecule has 0 aliphatic carbocycles. The maximum Gasteiger partial charge on any atom is 0.0940 e. The van der Waals surface area contributed by atoms with Crippen LogP contribution in [0.5, 0.6) is 0 Å². The molecule has 1 unspecified atom stereocenters. The topological polar surface area (TPSA) is 50.7 Å². The van der Waals surface area contributed by atoms with Crippen molar-refractivity contribution in [3.05, 3.63) is 103 Å². The Hall–Kier alpha value is -3.53. The minimum absolute atomic E-state index is 0.503. The first-order valence-electron chi connectivity index (χ1n) is 12.9. The van der Waals surface area contributed by atoms with Crippen molar-refractivity contribution in [3.63, 3.8) is 0 Å². The fourth-order valence-electron chi connectivity index (χ4n) is 4.65. The van der Waals surface area contributed by atoms with Gasteiger partial charge >= 0.3 is 0 Å². The number of aryl methyl sites for hydroxylation is 2. The van der Waals surface area contributed by atoms with Gasteiger partial charge in [0.1, 0.15) is 0 Å². The number of nitrogens with zero attached hydrogens (tertiary/aromatic N) is 3. The van der Waals surface area contributed by atoms with Gasteiger partial charge < -0.3 is 5.32 Å². The summed E-state index contributed by atoms with van der Waals surface area (Å²) in [4.78, 5) is 14.5. The fourth-order valence-corrected chi connectivity index (χ4v) is 4.65. The summed E-state index contributed by atoms with van der Waals surface area (Å²) in [6.07, 6.45) is 13.1. The third-order valence-electron chi connectivity index (χ3n) is 6.59. The first-order chi connectivity index (χ1) is 17.3.